The van der Waals surface area contributed by atoms with Gasteiger partial charge in [-0.3, -0.25) is 4.79 Å². The SMILES string of the molecule is O=C1c2c(ccc3cccc(F)c23)OCC12C=CC=CC2. The van der Waals surface area contributed by atoms with Gasteiger partial charge in [-0.1, -0.05) is 42.5 Å². The molecule has 1 heterocycles. The van der Waals surface area contributed by atoms with Crippen molar-refractivity contribution >= 4 is 16.6 Å². The maximum atomic E-state index is 14.3. The Morgan fingerprint density at radius 1 is 1.14 bits per heavy atom. The lowest BCUT2D eigenvalue weighted by molar-refractivity contribution is 0.0719. The molecule has 21 heavy (non-hydrogen) atoms. The van der Waals surface area contributed by atoms with Crippen LogP contribution in [0.15, 0.2) is 54.6 Å². The molecule has 0 saturated carbocycles. The van der Waals surface area contributed by atoms with Crippen LogP contribution in [0.4, 0.5) is 4.39 Å². The molecule has 0 bridgehead atoms. The molecular formula is C18H13FO2. The first-order chi connectivity index (χ1) is 10.2. The number of hydrogen-bond acceptors (Lipinski definition) is 2. The van der Waals surface area contributed by atoms with Crippen molar-refractivity contribution in [3.05, 3.63) is 66.0 Å². The molecule has 0 radical (unpaired) electrons. The van der Waals surface area contributed by atoms with E-state index in [-0.39, 0.29) is 11.6 Å². The number of carbonyl (C=O) groups is 1. The van der Waals surface area contributed by atoms with E-state index in [9.17, 15) is 9.18 Å². The van der Waals surface area contributed by atoms with Gasteiger partial charge < -0.3 is 4.74 Å². The minimum Gasteiger partial charge on any atom is -0.491 e. The standard InChI is InChI=1S/C18H13FO2/c19-13-6-4-5-12-7-8-14-16(15(12)13)17(20)18(11-21-14)9-2-1-3-10-18/h1-9H,10-11H2. The highest BCUT2D eigenvalue weighted by atomic mass is 19.1. The number of allylic oxidation sites excluding steroid dienone is 3. The van der Waals surface area contributed by atoms with Gasteiger partial charge in [0.25, 0.3) is 0 Å². The fraction of sp³-hybridized carbons (Fsp3) is 0.167. The number of fused-ring (bicyclic) bond motifs is 3. The lowest BCUT2D eigenvalue weighted by Crippen LogP contribution is -2.39. The lowest BCUT2D eigenvalue weighted by Gasteiger charge is -2.35. The highest BCUT2D eigenvalue weighted by molar-refractivity contribution is 6.14. The quantitative estimate of drug-likeness (QED) is 0.727. The van der Waals surface area contributed by atoms with Gasteiger partial charge >= 0.3 is 0 Å². The molecule has 2 aliphatic rings. The summed E-state index contributed by atoms with van der Waals surface area (Å²) in [5.41, 5.74) is -0.324. The van der Waals surface area contributed by atoms with Crippen molar-refractivity contribution in [2.45, 2.75) is 6.42 Å². The summed E-state index contributed by atoms with van der Waals surface area (Å²) in [6.45, 7) is 0.305. The fourth-order valence-electron chi connectivity index (χ4n) is 3.12. The van der Waals surface area contributed by atoms with E-state index in [4.69, 9.17) is 4.74 Å². The van der Waals surface area contributed by atoms with Crippen LogP contribution >= 0.6 is 0 Å². The largest absolute Gasteiger partial charge is 0.491 e. The van der Waals surface area contributed by atoms with Crippen molar-refractivity contribution in [2.24, 2.45) is 5.41 Å². The predicted octanol–water partition coefficient (Wildman–Crippen LogP) is 4.06. The molecule has 2 aromatic carbocycles. The van der Waals surface area contributed by atoms with Crippen LogP contribution in [0.2, 0.25) is 0 Å². The van der Waals surface area contributed by atoms with Crippen molar-refractivity contribution in [1.29, 1.82) is 0 Å². The van der Waals surface area contributed by atoms with Crippen LogP contribution in [0.3, 0.4) is 0 Å². The van der Waals surface area contributed by atoms with Crippen LogP contribution in [0, 0.1) is 11.2 Å². The Morgan fingerprint density at radius 3 is 2.86 bits per heavy atom. The van der Waals surface area contributed by atoms with Crippen LogP contribution in [-0.2, 0) is 0 Å². The van der Waals surface area contributed by atoms with Gasteiger partial charge in [0.15, 0.2) is 5.78 Å². The van der Waals surface area contributed by atoms with Crippen molar-refractivity contribution in [3.63, 3.8) is 0 Å². The van der Waals surface area contributed by atoms with E-state index in [1.54, 1.807) is 18.2 Å². The molecule has 3 heteroatoms. The minimum absolute atomic E-state index is 0.0555. The van der Waals surface area contributed by atoms with E-state index in [0.717, 1.165) is 5.39 Å². The number of ether oxygens (including phenoxy) is 1. The van der Waals surface area contributed by atoms with Crippen molar-refractivity contribution in [3.8, 4) is 5.75 Å². The maximum Gasteiger partial charge on any atom is 0.180 e. The minimum atomic E-state index is -0.696. The summed E-state index contributed by atoms with van der Waals surface area (Å²) < 4.78 is 20.0. The number of hydrogen-bond donors (Lipinski definition) is 0. The fourth-order valence-corrected chi connectivity index (χ4v) is 3.12. The van der Waals surface area contributed by atoms with E-state index >= 15 is 0 Å². The third-order valence-electron chi connectivity index (χ3n) is 4.27. The predicted molar refractivity (Wildman–Crippen MR) is 79.1 cm³/mol. The molecule has 1 unspecified atom stereocenters. The molecular weight excluding hydrogens is 267 g/mol. The van der Waals surface area contributed by atoms with E-state index in [1.165, 1.54) is 6.07 Å². The number of ketones is 1. The van der Waals surface area contributed by atoms with Crippen molar-refractivity contribution < 1.29 is 13.9 Å². The first-order valence-corrected chi connectivity index (χ1v) is 6.94. The third-order valence-corrected chi connectivity index (χ3v) is 4.27. The molecule has 0 aromatic heterocycles. The summed E-state index contributed by atoms with van der Waals surface area (Å²) in [6, 6.07) is 8.39. The van der Waals surface area contributed by atoms with Gasteiger partial charge in [-0.15, -0.1) is 0 Å². The molecule has 0 fully saturated rings. The number of benzene rings is 2. The summed E-state index contributed by atoms with van der Waals surface area (Å²) in [4.78, 5) is 13.0. The summed E-state index contributed by atoms with van der Waals surface area (Å²) in [6.07, 6.45) is 8.19. The second kappa shape index (κ2) is 4.29. The van der Waals surface area contributed by atoms with Gasteiger partial charge in [0, 0.05) is 5.39 Å². The molecule has 2 nitrogen and oxygen atoms in total. The Labute approximate surface area is 121 Å². The molecule has 1 spiro atoms. The lowest BCUT2D eigenvalue weighted by atomic mass is 9.73. The normalized spacial score (nSPS) is 23.4. The molecule has 1 aliphatic carbocycles. The highest BCUT2D eigenvalue weighted by Crippen LogP contribution is 2.43. The van der Waals surface area contributed by atoms with Gasteiger partial charge in [0.05, 0.1) is 11.0 Å². The number of rotatable bonds is 0. The van der Waals surface area contributed by atoms with Crippen LogP contribution in [0.25, 0.3) is 10.8 Å². The average Bonchev–Trinajstić information content (AvgIpc) is 2.52. The van der Waals surface area contributed by atoms with E-state index < -0.39 is 5.41 Å². The molecule has 0 N–H and O–H groups in total. The number of halogens is 1. The Bertz CT molecular complexity index is 819. The zero-order valence-corrected chi connectivity index (χ0v) is 11.3. The van der Waals surface area contributed by atoms with E-state index in [1.807, 2.05) is 30.4 Å². The zero-order valence-electron chi connectivity index (χ0n) is 11.3. The summed E-state index contributed by atoms with van der Waals surface area (Å²) in [5, 5.41) is 1.08. The molecule has 4 rings (SSSR count). The topological polar surface area (TPSA) is 26.3 Å². The van der Waals surface area contributed by atoms with Crippen LogP contribution in [0.5, 0.6) is 5.75 Å². The van der Waals surface area contributed by atoms with Gasteiger partial charge in [-0.05, 0) is 23.9 Å². The Morgan fingerprint density at radius 2 is 2.05 bits per heavy atom. The van der Waals surface area contributed by atoms with E-state index in [0.29, 0.717) is 29.7 Å². The molecule has 1 atom stereocenters. The molecule has 0 saturated heterocycles. The Balaban J connectivity index is 2.00. The monoisotopic (exact) mass is 280 g/mol. The molecule has 2 aromatic rings. The zero-order chi connectivity index (χ0) is 14.4. The molecule has 104 valence electrons. The second-order valence-corrected chi connectivity index (χ2v) is 5.54. The second-order valence-electron chi connectivity index (χ2n) is 5.54. The van der Waals surface area contributed by atoms with Crippen LogP contribution in [0.1, 0.15) is 16.8 Å². The summed E-state index contributed by atoms with van der Waals surface area (Å²) in [5.74, 6) is 0.0416. The van der Waals surface area contributed by atoms with Crippen LogP contribution in [-0.4, -0.2) is 12.4 Å². The number of carbonyl (C=O) groups excluding carboxylic acids is 1. The Kier molecular flexibility index (Phi) is 2.52. The number of Topliss-reactive ketones (excluding diaryl/α,β-unsaturated/α-hetero) is 1. The van der Waals surface area contributed by atoms with E-state index in [2.05, 4.69) is 0 Å². The van der Waals surface area contributed by atoms with Gasteiger partial charge in [0.2, 0.25) is 0 Å². The summed E-state index contributed by atoms with van der Waals surface area (Å²) in [7, 11) is 0. The summed E-state index contributed by atoms with van der Waals surface area (Å²) >= 11 is 0. The smallest absolute Gasteiger partial charge is 0.180 e. The van der Waals surface area contributed by atoms with Gasteiger partial charge in [0.1, 0.15) is 18.2 Å². The van der Waals surface area contributed by atoms with Gasteiger partial charge in [-0.2, -0.15) is 0 Å². The van der Waals surface area contributed by atoms with Crippen molar-refractivity contribution in [1.82, 2.24) is 0 Å². The molecule has 1 aliphatic heterocycles. The first-order valence-electron chi connectivity index (χ1n) is 6.94. The molecule has 0 amide bonds. The third kappa shape index (κ3) is 1.67. The van der Waals surface area contributed by atoms with Crippen molar-refractivity contribution in [2.75, 3.05) is 6.61 Å². The van der Waals surface area contributed by atoms with Crippen LogP contribution < -0.4 is 4.74 Å². The maximum absolute atomic E-state index is 14.3. The average molecular weight is 280 g/mol. The highest BCUT2D eigenvalue weighted by Gasteiger charge is 2.43. The Hall–Kier alpha value is -2.42. The first kappa shape index (κ1) is 12.3. The van der Waals surface area contributed by atoms with Gasteiger partial charge in [-0.25, -0.2) is 4.39 Å².